The zero-order chi connectivity index (χ0) is 18.2. The van der Waals surface area contributed by atoms with Crippen LogP contribution >= 0.6 is 23.4 Å². The number of benzene rings is 2. The van der Waals surface area contributed by atoms with Crippen LogP contribution in [0, 0.1) is 6.92 Å². The van der Waals surface area contributed by atoms with Gasteiger partial charge in [0, 0.05) is 5.69 Å². The van der Waals surface area contributed by atoms with Crippen LogP contribution in [0.4, 0.5) is 11.4 Å². The van der Waals surface area contributed by atoms with Crippen molar-refractivity contribution in [2.24, 2.45) is 0 Å². The molecule has 0 heterocycles. The van der Waals surface area contributed by atoms with Crippen molar-refractivity contribution in [3.63, 3.8) is 0 Å². The van der Waals surface area contributed by atoms with Crippen molar-refractivity contribution in [2.75, 3.05) is 29.2 Å². The van der Waals surface area contributed by atoms with Crippen molar-refractivity contribution < 1.29 is 14.3 Å². The van der Waals surface area contributed by atoms with Crippen molar-refractivity contribution in [2.45, 2.75) is 6.92 Å². The molecule has 25 heavy (non-hydrogen) atoms. The largest absolute Gasteiger partial charge is 0.497 e. The first kappa shape index (κ1) is 19.1. The molecule has 0 aliphatic heterocycles. The summed E-state index contributed by atoms with van der Waals surface area (Å²) in [5.41, 5.74) is 2.27. The van der Waals surface area contributed by atoms with Gasteiger partial charge < -0.3 is 15.4 Å². The smallest absolute Gasteiger partial charge is 0.234 e. The minimum absolute atomic E-state index is 0.167. The molecule has 2 aromatic carbocycles. The molecule has 0 radical (unpaired) electrons. The number of hydrogen-bond acceptors (Lipinski definition) is 4. The van der Waals surface area contributed by atoms with Crippen LogP contribution < -0.4 is 15.4 Å². The first-order chi connectivity index (χ1) is 12.0. The Bertz CT molecular complexity index is 750. The van der Waals surface area contributed by atoms with Gasteiger partial charge in [0.05, 0.1) is 29.3 Å². The summed E-state index contributed by atoms with van der Waals surface area (Å²) >= 11 is 7.31. The van der Waals surface area contributed by atoms with Gasteiger partial charge in [-0.2, -0.15) is 0 Å². The standard InChI is InChI=1S/C18H19ClN2O3S/c1-12-3-8-16(15(19)9-12)21-18(23)11-25-10-17(22)20-13-4-6-14(24-2)7-5-13/h3-9H,10-11H2,1-2H3,(H,20,22)(H,21,23). The fraction of sp³-hybridized carbons (Fsp3) is 0.222. The van der Waals surface area contributed by atoms with Gasteiger partial charge in [-0.3, -0.25) is 9.59 Å². The van der Waals surface area contributed by atoms with E-state index in [0.717, 1.165) is 11.3 Å². The molecule has 7 heteroatoms. The van der Waals surface area contributed by atoms with E-state index in [1.54, 1.807) is 43.5 Å². The van der Waals surface area contributed by atoms with Gasteiger partial charge in [0.25, 0.3) is 0 Å². The van der Waals surface area contributed by atoms with Gasteiger partial charge in [0.2, 0.25) is 11.8 Å². The summed E-state index contributed by atoms with van der Waals surface area (Å²) in [5, 5.41) is 6.00. The van der Waals surface area contributed by atoms with E-state index in [1.807, 2.05) is 13.0 Å². The molecule has 132 valence electrons. The molecule has 0 atom stereocenters. The van der Waals surface area contributed by atoms with E-state index in [0.29, 0.717) is 16.4 Å². The minimum atomic E-state index is -0.201. The van der Waals surface area contributed by atoms with E-state index in [-0.39, 0.29) is 23.3 Å². The lowest BCUT2D eigenvalue weighted by Crippen LogP contribution is -2.18. The molecule has 5 nitrogen and oxygen atoms in total. The van der Waals surface area contributed by atoms with Gasteiger partial charge in [-0.1, -0.05) is 17.7 Å². The number of anilines is 2. The minimum Gasteiger partial charge on any atom is -0.497 e. The summed E-state index contributed by atoms with van der Waals surface area (Å²) in [7, 11) is 1.58. The molecule has 2 amide bonds. The van der Waals surface area contributed by atoms with Gasteiger partial charge in [-0.15, -0.1) is 11.8 Å². The summed E-state index contributed by atoms with van der Waals surface area (Å²) in [5.74, 6) is 0.699. The van der Waals surface area contributed by atoms with Crippen LogP contribution in [-0.4, -0.2) is 30.4 Å². The fourth-order valence-corrected chi connectivity index (χ4v) is 2.92. The van der Waals surface area contributed by atoms with Crippen LogP contribution in [0.25, 0.3) is 0 Å². The van der Waals surface area contributed by atoms with Gasteiger partial charge in [0.1, 0.15) is 5.75 Å². The molecule has 0 aromatic heterocycles. The van der Waals surface area contributed by atoms with E-state index < -0.39 is 0 Å². The Hall–Kier alpha value is -2.18. The average molecular weight is 379 g/mol. The third-order valence-corrected chi connectivity index (χ3v) is 4.48. The maximum absolute atomic E-state index is 11.9. The molecular formula is C18H19ClN2O3S. The quantitative estimate of drug-likeness (QED) is 0.765. The molecular weight excluding hydrogens is 360 g/mol. The predicted octanol–water partition coefficient (Wildman–Crippen LogP) is 3.97. The average Bonchev–Trinajstić information content (AvgIpc) is 2.58. The highest BCUT2D eigenvalue weighted by Crippen LogP contribution is 2.23. The van der Waals surface area contributed by atoms with E-state index >= 15 is 0 Å². The number of methoxy groups -OCH3 is 1. The highest BCUT2D eigenvalue weighted by Gasteiger charge is 2.08. The maximum atomic E-state index is 11.9. The Labute approximate surface area is 156 Å². The lowest BCUT2D eigenvalue weighted by molar-refractivity contribution is -0.114. The molecule has 0 saturated carbocycles. The SMILES string of the molecule is COc1ccc(NC(=O)CSCC(=O)Nc2ccc(C)cc2Cl)cc1. The van der Waals surface area contributed by atoms with Gasteiger partial charge in [-0.25, -0.2) is 0 Å². The predicted molar refractivity (Wildman–Crippen MR) is 104 cm³/mol. The monoisotopic (exact) mass is 378 g/mol. The second-order valence-electron chi connectivity index (χ2n) is 5.30. The van der Waals surface area contributed by atoms with Crippen molar-refractivity contribution >= 4 is 46.6 Å². The Morgan fingerprint density at radius 3 is 2.28 bits per heavy atom. The van der Waals surface area contributed by atoms with E-state index in [2.05, 4.69) is 10.6 Å². The molecule has 0 spiro atoms. The molecule has 2 N–H and O–H groups in total. The van der Waals surface area contributed by atoms with E-state index in [1.165, 1.54) is 11.8 Å². The third-order valence-electron chi connectivity index (χ3n) is 3.24. The second-order valence-corrected chi connectivity index (χ2v) is 6.69. The maximum Gasteiger partial charge on any atom is 0.234 e. The van der Waals surface area contributed by atoms with Crippen molar-refractivity contribution in [3.8, 4) is 5.75 Å². The first-order valence-corrected chi connectivity index (χ1v) is 9.09. The first-order valence-electron chi connectivity index (χ1n) is 7.55. The van der Waals surface area contributed by atoms with E-state index in [4.69, 9.17) is 16.3 Å². The van der Waals surface area contributed by atoms with Gasteiger partial charge in [-0.05, 0) is 48.9 Å². The van der Waals surface area contributed by atoms with Gasteiger partial charge in [0.15, 0.2) is 0 Å². The van der Waals surface area contributed by atoms with Crippen molar-refractivity contribution in [1.29, 1.82) is 0 Å². The fourth-order valence-electron chi connectivity index (χ4n) is 2.02. The Kier molecular flexibility index (Phi) is 7.16. The lowest BCUT2D eigenvalue weighted by atomic mass is 10.2. The number of hydrogen-bond donors (Lipinski definition) is 2. The number of carbonyl (C=O) groups is 2. The van der Waals surface area contributed by atoms with Crippen LogP contribution in [-0.2, 0) is 9.59 Å². The number of nitrogens with one attached hydrogen (secondary N) is 2. The zero-order valence-corrected chi connectivity index (χ0v) is 15.5. The highest BCUT2D eigenvalue weighted by molar-refractivity contribution is 8.00. The molecule has 0 fully saturated rings. The third kappa shape index (κ3) is 6.32. The number of carbonyl (C=O) groups excluding carboxylic acids is 2. The summed E-state index contributed by atoms with van der Waals surface area (Å²) in [6, 6.07) is 12.5. The Balaban J connectivity index is 1.73. The second kappa shape index (κ2) is 9.34. The van der Waals surface area contributed by atoms with Crippen molar-refractivity contribution in [3.05, 3.63) is 53.1 Å². The molecule has 0 saturated heterocycles. The van der Waals surface area contributed by atoms with Crippen LogP contribution in [0.15, 0.2) is 42.5 Å². The topological polar surface area (TPSA) is 67.4 Å². The summed E-state index contributed by atoms with van der Waals surface area (Å²) < 4.78 is 5.06. The van der Waals surface area contributed by atoms with Crippen LogP contribution in [0.3, 0.4) is 0 Å². The van der Waals surface area contributed by atoms with Crippen LogP contribution in [0.5, 0.6) is 5.75 Å². The van der Waals surface area contributed by atoms with Crippen molar-refractivity contribution in [1.82, 2.24) is 0 Å². The molecule has 0 bridgehead atoms. The molecule has 2 aromatic rings. The number of rotatable bonds is 7. The number of thioether (sulfide) groups is 1. The van der Waals surface area contributed by atoms with Crippen LogP contribution in [0.1, 0.15) is 5.56 Å². The summed E-state index contributed by atoms with van der Waals surface area (Å²) in [6.07, 6.45) is 0. The Morgan fingerprint density at radius 2 is 1.68 bits per heavy atom. The zero-order valence-electron chi connectivity index (χ0n) is 14.0. The summed E-state index contributed by atoms with van der Waals surface area (Å²) in [6.45, 7) is 1.93. The number of ether oxygens (including phenoxy) is 1. The summed E-state index contributed by atoms with van der Waals surface area (Å²) in [4.78, 5) is 23.8. The number of amides is 2. The molecule has 2 rings (SSSR count). The normalized spacial score (nSPS) is 10.2. The molecule has 0 aliphatic rings. The lowest BCUT2D eigenvalue weighted by Gasteiger charge is -2.08. The highest BCUT2D eigenvalue weighted by atomic mass is 35.5. The van der Waals surface area contributed by atoms with Gasteiger partial charge >= 0.3 is 0 Å². The number of aryl methyl sites for hydroxylation is 1. The molecule has 0 unspecified atom stereocenters. The Morgan fingerprint density at radius 1 is 1.04 bits per heavy atom. The van der Waals surface area contributed by atoms with E-state index in [9.17, 15) is 9.59 Å². The number of halogens is 1. The molecule has 0 aliphatic carbocycles. The van der Waals surface area contributed by atoms with Crippen LogP contribution in [0.2, 0.25) is 5.02 Å².